The predicted molar refractivity (Wildman–Crippen MR) is 60.1 cm³/mol. The molecule has 0 aromatic heterocycles. The minimum atomic E-state index is 0.811. The Bertz CT molecular complexity index is 251. The van der Waals surface area contributed by atoms with Crippen LogP contribution in [-0.2, 0) is 11.2 Å². The molecule has 0 aliphatic carbocycles. The van der Waals surface area contributed by atoms with Gasteiger partial charge < -0.3 is 4.74 Å². The largest absolute Gasteiger partial charge is 0.502 e. The number of rotatable bonds is 6. The van der Waals surface area contributed by atoms with Gasteiger partial charge in [-0.25, -0.2) is 0 Å². The summed E-state index contributed by atoms with van der Waals surface area (Å²) in [5.74, 6) is 0. The molecule has 0 atom stereocenters. The van der Waals surface area contributed by atoms with Crippen LogP contribution in [0.15, 0.2) is 42.7 Å². The third kappa shape index (κ3) is 4.70. The summed E-state index contributed by atoms with van der Waals surface area (Å²) in [5.41, 5.74) is 1.38. The highest BCUT2D eigenvalue weighted by atomic mass is 16.5. The summed E-state index contributed by atoms with van der Waals surface area (Å²) < 4.78 is 5.32. The van der Waals surface area contributed by atoms with Gasteiger partial charge >= 0.3 is 0 Å². The normalized spacial score (nSPS) is 10.6. The van der Waals surface area contributed by atoms with Crippen LogP contribution in [0.2, 0.25) is 0 Å². The Morgan fingerprint density at radius 1 is 1.21 bits per heavy atom. The Morgan fingerprint density at radius 2 is 2.00 bits per heavy atom. The van der Waals surface area contributed by atoms with Gasteiger partial charge in [-0.05, 0) is 24.8 Å². The van der Waals surface area contributed by atoms with E-state index in [0.717, 1.165) is 25.9 Å². The lowest BCUT2D eigenvalue weighted by Crippen LogP contribution is -1.91. The molecule has 14 heavy (non-hydrogen) atoms. The monoisotopic (exact) mass is 190 g/mol. The summed E-state index contributed by atoms with van der Waals surface area (Å²) in [7, 11) is 0. The molecule has 1 nitrogen and oxygen atoms in total. The standard InChI is InChI=1S/C13H18O/c1-2-3-11-14-12-7-10-13-8-5-4-6-9-13/h3-6,8-9,11H,2,7,10,12H2,1H3/b11-3+. The van der Waals surface area contributed by atoms with Crippen LogP contribution in [0.25, 0.3) is 0 Å². The molecule has 0 aliphatic rings. The molecule has 0 fully saturated rings. The molecule has 0 N–H and O–H groups in total. The minimum Gasteiger partial charge on any atom is -0.502 e. The van der Waals surface area contributed by atoms with Gasteiger partial charge in [0, 0.05) is 0 Å². The van der Waals surface area contributed by atoms with Crippen molar-refractivity contribution in [2.75, 3.05) is 6.61 Å². The number of ether oxygens (including phenoxy) is 1. The molecular formula is C13H18O. The van der Waals surface area contributed by atoms with Crippen molar-refractivity contribution in [1.82, 2.24) is 0 Å². The van der Waals surface area contributed by atoms with Gasteiger partial charge in [-0.2, -0.15) is 0 Å². The van der Waals surface area contributed by atoms with Gasteiger partial charge in [-0.3, -0.25) is 0 Å². The van der Waals surface area contributed by atoms with Crippen LogP contribution < -0.4 is 0 Å². The first-order chi connectivity index (χ1) is 6.93. The summed E-state index contributed by atoms with van der Waals surface area (Å²) in [6.07, 6.45) is 7.05. The van der Waals surface area contributed by atoms with Gasteiger partial charge in [0.05, 0.1) is 12.9 Å². The molecule has 1 aromatic rings. The number of aryl methyl sites for hydroxylation is 1. The zero-order valence-corrected chi connectivity index (χ0v) is 8.78. The van der Waals surface area contributed by atoms with E-state index in [2.05, 4.69) is 31.2 Å². The Balaban J connectivity index is 2.07. The number of allylic oxidation sites excluding steroid dienone is 1. The van der Waals surface area contributed by atoms with Crippen LogP contribution in [0.5, 0.6) is 0 Å². The number of hydrogen-bond acceptors (Lipinski definition) is 1. The highest BCUT2D eigenvalue weighted by molar-refractivity contribution is 5.14. The van der Waals surface area contributed by atoms with Gasteiger partial charge in [0.25, 0.3) is 0 Å². The van der Waals surface area contributed by atoms with Crippen LogP contribution in [0.1, 0.15) is 25.3 Å². The fourth-order valence-corrected chi connectivity index (χ4v) is 1.24. The summed E-state index contributed by atoms with van der Waals surface area (Å²) in [5, 5.41) is 0. The van der Waals surface area contributed by atoms with Crippen LogP contribution in [0.4, 0.5) is 0 Å². The molecule has 0 radical (unpaired) electrons. The van der Waals surface area contributed by atoms with E-state index in [1.165, 1.54) is 5.56 Å². The lowest BCUT2D eigenvalue weighted by Gasteiger charge is -2.01. The van der Waals surface area contributed by atoms with Crippen molar-refractivity contribution in [3.63, 3.8) is 0 Å². The van der Waals surface area contributed by atoms with E-state index in [4.69, 9.17) is 4.74 Å². The Morgan fingerprint density at radius 3 is 2.71 bits per heavy atom. The van der Waals surface area contributed by atoms with E-state index >= 15 is 0 Å². The fourth-order valence-electron chi connectivity index (χ4n) is 1.24. The van der Waals surface area contributed by atoms with Gasteiger partial charge in [0.2, 0.25) is 0 Å². The van der Waals surface area contributed by atoms with E-state index in [0.29, 0.717) is 0 Å². The minimum absolute atomic E-state index is 0.811. The molecule has 0 saturated heterocycles. The summed E-state index contributed by atoms with van der Waals surface area (Å²) in [4.78, 5) is 0. The molecular weight excluding hydrogens is 172 g/mol. The molecule has 0 unspecified atom stereocenters. The summed E-state index contributed by atoms with van der Waals surface area (Å²) >= 11 is 0. The molecule has 1 heteroatoms. The summed E-state index contributed by atoms with van der Waals surface area (Å²) in [6, 6.07) is 10.5. The van der Waals surface area contributed by atoms with E-state index in [-0.39, 0.29) is 0 Å². The van der Waals surface area contributed by atoms with Gasteiger partial charge in [-0.1, -0.05) is 43.3 Å². The van der Waals surface area contributed by atoms with Gasteiger partial charge in [-0.15, -0.1) is 0 Å². The molecule has 0 heterocycles. The number of hydrogen-bond donors (Lipinski definition) is 0. The average molecular weight is 190 g/mol. The third-order valence-electron chi connectivity index (χ3n) is 2.00. The quantitative estimate of drug-likeness (QED) is 0.492. The zero-order chi connectivity index (χ0) is 10.1. The van der Waals surface area contributed by atoms with Crippen LogP contribution in [0.3, 0.4) is 0 Å². The molecule has 0 saturated carbocycles. The first-order valence-electron chi connectivity index (χ1n) is 5.24. The fraction of sp³-hybridized carbons (Fsp3) is 0.385. The second kappa shape index (κ2) is 7.19. The van der Waals surface area contributed by atoms with E-state index in [9.17, 15) is 0 Å². The molecule has 0 spiro atoms. The predicted octanol–water partition coefficient (Wildman–Crippen LogP) is 3.56. The lowest BCUT2D eigenvalue weighted by atomic mass is 10.1. The highest BCUT2D eigenvalue weighted by Crippen LogP contribution is 2.02. The first-order valence-corrected chi connectivity index (χ1v) is 5.24. The van der Waals surface area contributed by atoms with Crippen molar-refractivity contribution in [3.05, 3.63) is 48.2 Å². The van der Waals surface area contributed by atoms with Crippen LogP contribution in [-0.4, -0.2) is 6.61 Å². The van der Waals surface area contributed by atoms with E-state index in [1.807, 2.05) is 12.1 Å². The first kappa shape index (κ1) is 10.8. The van der Waals surface area contributed by atoms with E-state index < -0.39 is 0 Å². The van der Waals surface area contributed by atoms with Crippen molar-refractivity contribution in [1.29, 1.82) is 0 Å². The van der Waals surface area contributed by atoms with E-state index in [1.54, 1.807) is 6.26 Å². The van der Waals surface area contributed by atoms with Crippen molar-refractivity contribution in [2.24, 2.45) is 0 Å². The third-order valence-corrected chi connectivity index (χ3v) is 2.00. The maximum Gasteiger partial charge on any atom is 0.0876 e. The van der Waals surface area contributed by atoms with Crippen molar-refractivity contribution in [2.45, 2.75) is 26.2 Å². The second-order valence-electron chi connectivity index (χ2n) is 3.24. The maximum atomic E-state index is 5.32. The summed E-state index contributed by atoms with van der Waals surface area (Å²) in [6.45, 7) is 2.91. The Kier molecular flexibility index (Phi) is 5.57. The second-order valence-corrected chi connectivity index (χ2v) is 3.24. The van der Waals surface area contributed by atoms with Gasteiger partial charge in [0.1, 0.15) is 0 Å². The molecule has 0 aliphatic heterocycles. The van der Waals surface area contributed by atoms with Crippen molar-refractivity contribution in [3.8, 4) is 0 Å². The SMILES string of the molecule is CC/C=C/OCCCc1ccccc1. The smallest absolute Gasteiger partial charge is 0.0876 e. The lowest BCUT2D eigenvalue weighted by molar-refractivity contribution is 0.244. The molecule has 0 amide bonds. The number of benzene rings is 1. The molecule has 76 valence electrons. The topological polar surface area (TPSA) is 9.23 Å². The van der Waals surface area contributed by atoms with Crippen molar-refractivity contribution < 1.29 is 4.74 Å². The van der Waals surface area contributed by atoms with Crippen molar-refractivity contribution >= 4 is 0 Å². The molecule has 0 bridgehead atoms. The average Bonchev–Trinajstić information content (AvgIpc) is 2.25. The molecule has 1 aromatic carbocycles. The molecule has 1 rings (SSSR count). The Labute approximate surface area is 86.4 Å². The van der Waals surface area contributed by atoms with Crippen LogP contribution in [0, 0.1) is 0 Å². The van der Waals surface area contributed by atoms with Crippen LogP contribution >= 0.6 is 0 Å². The maximum absolute atomic E-state index is 5.32. The Hall–Kier alpha value is -1.24. The highest BCUT2D eigenvalue weighted by Gasteiger charge is 1.90. The van der Waals surface area contributed by atoms with Gasteiger partial charge in [0.15, 0.2) is 0 Å². The zero-order valence-electron chi connectivity index (χ0n) is 8.78.